The molecule has 0 spiro atoms. The number of benzene rings is 2. The van der Waals surface area contributed by atoms with Crippen LogP contribution >= 0.6 is 0 Å². The van der Waals surface area contributed by atoms with Gasteiger partial charge in [0, 0.05) is 0 Å². The van der Waals surface area contributed by atoms with E-state index in [9.17, 15) is 9.59 Å². The number of hydrazine groups is 1. The van der Waals surface area contributed by atoms with Gasteiger partial charge in [-0.1, -0.05) is 41.0 Å². The molecule has 2 aromatic carbocycles. The van der Waals surface area contributed by atoms with Crippen LogP contribution in [0.25, 0.3) is 0 Å². The normalized spacial score (nSPS) is 23.8. The molecule has 1 N–H and O–H groups in total. The fourth-order valence-electron chi connectivity index (χ4n) is 5.27. The lowest BCUT2D eigenvalue weighted by Crippen LogP contribution is -2.63. The summed E-state index contributed by atoms with van der Waals surface area (Å²) in [5, 5.41) is 14.8. The lowest BCUT2D eigenvalue weighted by molar-refractivity contribution is -0.136. The number of rotatable bonds is 6. The highest BCUT2D eigenvalue weighted by molar-refractivity contribution is 6.39. The third kappa shape index (κ3) is 4.54. The van der Waals surface area contributed by atoms with Gasteiger partial charge < -0.3 is 9.47 Å². The largest absolute Gasteiger partial charge is 0.461 e. The Morgan fingerprint density at radius 2 is 1.44 bits per heavy atom. The van der Waals surface area contributed by atoms with Gasteiger partial charge >= 0.3 is 11.9 Å². The van der Waals surface area contributed by atoms with Gasteiger partial charge in [-0.05, 0) is 71.9 Å². The highest BCUT2D eigenvalue weighted by Gasteiger charge is 2.54. The molecule has 0 aromatic heterocycles. The average molecular weight is 531 g/mol. The molecular weight excluding hydrogens is 496 g/mol. The van der Waals surface area contributed by atoms with E-state index in [1.54, 1.807) is 28.9 Å². The number of nitrogens with one attached hydrogen (secondary N) is 1. The van der Waals surface area contributed by atoms with Crippen LogP contribution < -0.4 is 15.4 Å². The molecule has 5 rings (SSSR count). The first-order valence-electron chi connectivity index (χ1n) is 13.2. The fourth-order valence-corrected chi connectivity index (χ4v) is 5.27. The van der Waals surface area contributed by atoms with Crippen molar-refractivity contribution >= 4 is 34.9 Å². The summed E-state index contributed by atoms with van der Waals surface area (Å²) < 4.78 is 10.8. The molecule has 0 amide bonds. The van der Waals surface area contributed by atoms with Crippen LogP contribution in [0.1, 0.15) is 38.8 Å². The summed E-state index contributed by atoms with van der Waals surface area (Å²) in [6.07, 6.45) is 1.48. The van der Waals surface area contributed by atoms with Crippen molar-refractivity contribution in [3.05, 3.63) is 71.3 Å². The number of ether oxygens (including phenoxy) is 2. The Bertz CT molecular complexity index is 1370. The van der Waals surface area contributed by atoms with E-state index in [4.69, 9.17) is 19.7 Å². The zero-order valence-corrected chi connectivity index (χ0v) is 23.1. The summed E-state index contributed by atoms with van der Waals surface area (Å²) in [5.74, 6) is -1.37. The molecule has 0 fully saturated rings. The monoisotopic (exact) mass is 530 g/mol. The molecule has 3 unspecified atom stereocenters. The Morgan fingerprint density at radius 1 is 0.872 bits per heavy atom. The molecular formula is C29H34N6O4. The van der Waals surface area contributed by atoms with Gasteiger partial charge in [0.2, 0.25) is 0 Å². The first kappa shape index (κ1) is 26.4. The van der Waals surface area contributed by atoms with E-state index in [0.717, 1.165) is 28.1 Å². The molecule has 0 radical (unpaired) electrons. The van der Waals surface area contributed by atoms with E-state index in [0.29, 0.717) is 5.71 Å². The van der Waals surface area contributed by atoms with Gasteiger partial charge in [-0.15, -0.1) is 5.10 Å². The van der Waals surface area contributed by atoms with Crippen LogP contribution in [0, 0.1) is 19.8 Å². The summed E-state index contributed by atoms with van der Waals surface area (Å²) in [7, 11) is 0. The van der Waals surface area contributed by atoms with E-state index in [1.165, 1.54) is 0 Å². The first-order valence-corrected chi connectivity index (χ1v) is 13.2. The molecule has 0 saturated carbocycles. The van der Waals surface area contributed by atoms with Crippen molar-refractivity contribution in [3.8, 4) is 0 Å². The van der Waals surface area contributed by atoms with Crippen LogP contribution in [-0.4, -0.2) is 53.5 Å². The van der Waals surface area contributed by atoms with Crippen LogP contribution in [0.3, 0.4) is 0 Å². The molecule has 0 aliphatic carbocycles. The Labute approximate surface area is 228 Å². The van der Waals surface area contributed by atoms with Gasteiger partial charge in [-0.3, -0.25) is 5.01 Å². The molecule has 0 saturated heterocycles. The number of carbonyl (C=O) groups is 2. The second kappa shape index (κ2) is 10.2. The average Bonchev–Trinajstić information content (AvgIpc) is 3.38. The van der Waals surface area contributed by atoms with Crippen LogP contribution in [0.4, 0.5) is 11.4 Å². The smallest absolute Gasteiger partial charge is 0.377 e. The predicted octanol–water partition coefficient (Wildman–Crippen LogP) is 3.86. The van der Waals surface area contributed by atoms with Gasteiger partial charge in [0.1, 0.15) is 6.17 Å². The highest BCUT2D eigenvalue weighted by Crippen LogP contribution is 2.41. The molecule has 3 aliphatic heterocycles. The van der Waals surface area contributed by atoms with Crippen LogP contribution in [0.5, 0.6) is 0 Å². The Kier molecular flexibility index (Phi) is 6.90. The Balaban J connectivity index is 1.65. The lowest BCUT2D eigenvalue weighted by Gasteiger charge is -2.40. The van der Waals surface area contributed by atoms with Gasteiger partial charge in [0.25, 0.3) is 5.84 Å². The molecule has 0 bridgehead atoms. The van der Waals surface area contributed by atoms with E-state index in [2.05, 4.69) is 5.43 Å². The molecule has 2 aromatic rings. The lowest BCUT2D eigenvalue weighted by atomic mass is 9.91. The summed E-state index contributed by atoms with van der Waals surface area (Å²) in [6, 6.07) is 15.8. The molecule has 3 aliphatic rings. The first-order chi connectivity index (χ1) is 18.7. The van der Waals surface area contributed by atoms with Crippen molar-refractivity contribution < 1.29 is 19.1 Å². The predicted molar refractivity (Wildman–Crippen MR) is 150 cm³/mol. The molecule has 10 heteroatoms. The zero-order valence-electron chi connectivity index (χ0n) is 23.1. The maximum Gasteiger partial charge on any atom is 0.377 e. The minimum Gasteiger partial charge on any atom is -0.461 e. The number of anilines is 2. The molecule has 204 valence electrons. The van der Waals surface area contributed by atoms with Gasteiger partial charge in [-0.2, -0.15) is 5.10 Å². The number of aryl methyl sites for hydroxylation is 2. The maximum absolute atomic E-state index is 13.2. The number of amidine groups is 1. The summed E-state index contributed by atoms with van der Waals surface area (Å²) >= 11 is 0. The standard InChI is InChI=1S/C29H34N6O4/c1-7-38-27(36)24-23-20(5)17-29(6)34(22-15-11-19(4)12-16-22)32-26(28(37)39-8-2)35(29)31-25(23)33(30-24)21-13-9-18(3)10-14-21/h9-17,23,25,31H,7-8H2,1-6H3. The summed E-state index contributed by atoms with van der Waals surface area (Å²) in [4.78, 5) is 26.3. The zero-order chi connectivity index (χ0) is 27.9. The van der Waals surface area contributed by atoms with Crippen molar-refractivity contribution in [2.45, 2.75) is 53.4 Å². The van der Waals surface area contributed by atoms with Crippen LogP contribution in [0.15, 0.2) is 70.4 Å². The number of carbonyl (C=O) groups excluding carboxylic acids is 2. The highest BCUT2D eigenvalue weighted by atomic mass is 16.5. The van der Waals surface area contributed by atoms with Gasteiger partial charge in [-0.25, -0.2) is 25.0 Å². The Morgan fingerprint density at radius 3 is 2.03 bits per heavy atom. The quantitative estimate of drug-likeness (QED) is 0.444. The topological polar surface area (TPSA) is 99.1 Å². The molecule has 3 atom stereocenters. The van der Waals surface area contributed by atoms with E-state index >= 15 is 0 Å². The molecule has 3 heterocycles. The van der Waals surface area contributed by atoms with E-state index in [-0.39, 0.29) is 19.0 Å². The van der Waals surface area contributed by atoms with Gasteiger partial charge in [0.05, 0.1) is 30.5 Å². The van der Waals surface area contributed by atoms with Crippen LogP contribution in [0.2, 0.25) is 0 Å². The number of nitrogens with zero attached hydrogens (tertiary/aromatic N) is 5. The molecule has 10 nitrogen and oxygen atoms in total. The number of esters is 2. The summed E-state index contributed by atoms with van der Waals surface area (Å²) in [6.45, 7) is 11.9. The maximum atomic E-state index is 13.2. The number of hydrogen-bond acceptors (Lipinski definition) is 10. The third-order valence-electron chi connectivity index (χ3n) is 7.15. The third-order valence-corrected chi connectivity index (χ3v) is 7.15. The van der Waals surface area contributed by atoms with Gasteiger partial charge in [0.15, 0.2) is 11.4 Å². The SMILES string of the molecule is CCOC(=O)C1=NN(c2ccc(C)cc2)C2NN3C(C(=O)OCC)=NN(c4ccc(C)cc4)C3(C)C=C(C)C12. The molecule has 39 heavy (non-hydrogen) atoms. The van der Waals surface area contributed by atoms with E-state index in [1.807, 2.05) is 82.3 Å². The number of fused-ring (bicyclic) bond motifs is 2. The van der Waals surface area contributed by atoms with Crippen molar-refractivity contribution in [2.75, 3.05) is 23.2 Å². The number of hydrogen-bond donors (Lipinski definition) is 1. The van der Waals surface area contributed by atoms with Crippen molar-refractivity contribution in [2.24, 2.45) is 16.1 Å². The van der Waals surface area contributed by atoms with Crippen molar-refractivity contribution in [1.82, 2.24) is 10.4 Å². The fraction of sp³-hybridized carbons (Fsp3) is 0.379. The minimum absolute atomic E-state index is 0.109. The van der Waals surface area contributed by atoms with Crippen molar-refractivity contribution in [3.63, 3.8) is 0 Å². The second-order valence-electron chi connectivity index (χ2n) is 10.0. The number of hydrazone groups is 2. The Hall–Kier alpha value is -4.18. The summed E-state index contributed by atoms with van der Waals surface area (Å²) in [5.41, 5.74) is 7.57. The van der Waals surface area contributed by atoms with Crippen molar-refractivity contribution in [1.29, 1.82) is 0 Å². The van der Waals surface area contributed by atoms with E-state index < -0.39 is 29.7 Å². The minimum atomic E-state index is -0.940. The van der Waals surface area contributed by atoms with Crippen LogP contribution in [-0.2, 0) is 19.1 Å². The second-order valence-corrected chi connectivity index (χ2v) is 10.0.